The Morgan fingerprint density at radius 2 is 1.77 bits per heavy atom. The Balaban J connectivity index is 1.30. The Morgan fingerprint density at radius 3 is 2.53 bits per heavy atom. The van der Waals surface area contributed by atoms with E-state index in [0.717, 1.165) is 36.1 Å². The maximum Gasteiger partial charge on any atom is 0.336 e. The molecule has 0 radical (unpaired) electrons. The lowest BCUT2D eigenvalue weighted by atomic mass is 10.0. The number of methoxy groups -OCH3 is 1. The lowest BCUT2D eigenvalue weighted by molar-refractivity contribution is -0.145. The summed E-state index contributed by atoms with van der Waals surface area (Å²) in [4.78, 5) is 24.0. The minimum Gasteiger partial charge on any atom is -0.497 e. The highest BCUT2D eigenvalue weighted by Crippen LogP contribution is 2.28. The third-order valence-electron chi connectivity index (χ3n) is 5.28. The number of esters is 1. The molecule has 0 amide bonds. The van der Waals surface area contributed by atoms with Gasteiger partial charge in [0, 0.05) is 23.4 Å². The molecule has 1 aromatic heterocycles. The fourth-order valence-corrected chi connectivity index (χ4v) is 3.72. The van der Waals surface area contributed by atoms with E-state index in [1.165, 1.54) is 17.2 Å². The van der Waals surface area contributed by atoms with E-state index in [1.54, 1.807) is 7.11 Å². The summed E-state index contributed by atoms with van der Waals surface area (Å²) in [7, 11) is 1.61. The Bertz CT molecular complexity index is 1100. The van der Waals surface area contributed by atoms with Crippen molar-refractivity contribution in [1.29, 1.82) is 0 Å². The summed E-state index contributed by atoms with van der Waals surface area (Å²) in [5, 5.41) is 0.839. The number of carbonyl (C=O) groups excluding carboxylic acids is 1. The van der Waals surface area contributed by atoms with Gasteiger partial charge in [0.1, 0.15) is 23.7 Å². The molecule has 0 bridgehead atoms. The topological polar surface area (TPSA) is 75.0 Å². The standard InChI is InChI=1S/C24H24O6/c1-27-19-7-9-20(10-8-19)28-11-3-6-23(25)29-15-18-14-24(26)30-22-13-17-5-2-4-16(17)12-21(18)22/h7-10,12-14H,2-6,11,15H2,1H3. The van der Waals surface area contributed by atoms with E-state index in [4.69, 9.17) is 18.6 Å². The molecule has 0 fully saturated rings. The predicted octanol–water partition coefficient (Wildman–Crippen LogP) is 4.19. The van der Waals surface area contributed by atoms with Crippen LogP contribution in [0, 0.1) is 0 Å². The third-order valence-corrected chi connectivity index (χ3v) is 5.28. The van der Waals surface area contributed by atoms with Gasteiger partial charge in [0.15, 0.2) is 0 Å². The van der Waals surface area contributed by atoms with E-state index in [2.05, 4.69) is 6.07 Å². The maximum absolute atomic E-state index is 12.1. The Morgan fingerprint density at radius 1 is 1.03 bits per heavy atom. The number of carbonyl (C=O) groups is 1. The molecule has 0 saturated heterocycles. The van der Waals surface area contributed by atoms with Crippen LogP contribution in [0.25, 0.3) is 11.0 Å². The van der Waals surface area contributed by atoms with E-state index in [9.17, 15) is 9.59 Å². The molecule has 0 saturated carbocycles. The number of aryl methyl sites for hydroxylation is 2. The number of ether oxygens (including phenoxy) is 3. The van der Waals surface area contributed by atoms with Crippen molar-refractivity contribution in [2.24, 2.45) is 0 Å². The van der Waals surface area contributed by atoms with E-state index in [-0.39, 0.29) is 19.0 Å². The molecule has 1 heterocycles. The zero-order chi connectivity index (χ0) is 20.9. The third kappa shape index (κ3) is 4.64. The minimum absolute atomic E-state index is 0.0546. The highest BCUT2D eigenvalue weighted by molar-refractivity contribution is 5.82. The van der Waals surface area contributed by atoms with Crippen molar-refractivity contribution < 1.29 is 23.4 Å². The largest absolute Gasteiger partial charge is 0.497 e. The van der Waals surface area contributed by atoms with Crippen LogP contribution in [-0.2, 0) is 29.0 Å². The summed E-state index contributed by atoms with van der Waals surface area (Å²) in [5.74, 6) is 1.16. The lowest BCUT2D eigenvalue weighted by Gasteiger charge is -2.10. The van der Waals surface area contributed by atoms with Crippen LogP contribution < -0.4 is 15.1 Å². The maximum atomic E-state index is 12.1. The summed E-state index contributed by atoms with van der Waals surface area (Å²) in [5.41, 5.74) is 3.32. The quantitative estimate of drug-likeness (QED) is 0.316. The molecule has 1 aliphatic rings. The van der Waals surface area contributed by atoms with Gasteiger partial charge in [-0.15, -0.1) is 0 Å². The molecule has 1 aliphatic carbocycles. The van der Waals surface area contributed by atoms with Gasteiger partial charge < -0.3 is 18.6 Å². The van der Waals surface area contributed by atoms with Crippen molar-refractivity contribution in [2.45, 2.75) is 38.7 Å². The summed E-state index contributed by atoms with van der Waals surface area (Å²) >= 11 is 0. The first-order chi connectivity index (χ1) is 14.6. The van der Waals surface area contributed by atoms with Gasteiger partial charge in [0.25, 0.3) is 0 Å². The summed E-state index contributed by atoms with van der Waals surface area (Å²) in [6, 6.07) is 12.7. The summed E-state index contributed by atoms with van der Waals surface area (Å²) in [6.45, 7) is 0.463. The normalized spacial score (nSPS) is 12.6. The van der Waals surface area contributed by atoms with Gasteiger partial charge in [0.2, 0.25) is 0 Å². The average molecular weight is 408 g/mol. The molecular formula is C24H24O6. The van der Waals surface area contributed by atoms with Gasteiger partial charge in [0.05, 0.1) is 13.7 Å². The molecule has 156 valence electrons. The minimum atomic E-state index is -0.431. The molecule has 4 rings (SSSR count). The average Bonchev–Trinajstić information content (AvgIpc) is 3.21. The number of fused-ring (bicyclic) bond motifs is 2. The van der Waals surface area contributed by atoms with E-state index in [1.807, 2.05) is 30.3 Å². The van der Waals surface area contributed by atoms with Crippen LogP contribution in [0.4, 0.5) is 0 Å². The summed E-state index contributed by atoms with van der Waals surface area (Å²) in [6.07, 6.45) is 3.92. The molecule has 0 spiro atoms. The van der Waals surface area contributed by atoms with Crippen molar-refractivity contribution in [3.8, 4) is 11.5 Å². The van der Waals surface area contributed by atoms with Crippen LogP contribution in [0.2, 0.25) is 0 Å². The fourth-order valence-electron chi connectivity index (χ4n) is 3.72. The Hall–Kier alpha value is -3.28. The number of hydrogen-bond acceptors (Lipinski definition) is 6. The lowest BCUT2D eigenvalue weighted by Crippen LogP contribution is -2.09. The van der Waals surface area contributed by atoms with Crippen molar-refractivity contribution in [2.75, 3.05) is 13.7 Å². The fraction of sp³-hybridized carbons (Fsp3) is 0.333. The monoisotopic (exact) mass is 408 g/mol. The Labute approximate surface area is 174 Å². The molecule has 2 aromatic carbocycles. The molecule has 6 nitrogen and oxygen atoms in total. The Kier molecular flexibility index (Phi) is 6.02. The first-order valence-corrected chi connectivity index (χ1v) is 10.1. The van der Waals surface area contributed by atoms with E-state index < -0.39 is 5.63 Å². The van der Waals surface area contributed by atoms with Crippen LogP contribution >= 0.6 is 0 Å². The number of rotatable bonds is 8. The molecule has 0 N–H and O–H groups in total. The molecule has 0 unspecified atom stereocenters. The SMILES string of the molecule is COc1ccc(OCCCC(=O)OCc2cc(=O)oc3cc4c(cc23)CCC4)cc1. The molecule has 3 aromatic rings. The molecule has 6 heteroatoms. The predicted molar refractivity (Wildman–Crippen MR) is 112 cm³/mol. The highest BCUT2D eigenvalue weighted by atomic mass is 16.5. The van der Waals surface area contributed by atoms with Crippen LogP contribution in [-0.4, -0.2) is 19.7 Å². The van der Waals surface area contributed by atoms with Crippen LogP contribution in [0.5, 0.6) is 11.5 Å². The molecule has 0 aliphatic heterocycles. The van der Waals surface area contributed by atoms with Gasteiger partial charge in [-0.25, -0.2) is 4.79 Å². The second-order valence-electron chi connectivity index (χ2n) is 7.35. The van der Waals surface area contributed by atoms with E-state index >= 15 is 0 Å². The smallest absolute Gasteiger partial charge is 0.336 e. The van der Waals surface area contributed by atoms with Gasteiger partial charge in [-0.2, -0.15) is 0 Å². The van der Waals surface area contributed by atoms with Crippen LogP contribution in [0.1, 0.15) is 36.0 Å². The molecule has 30 heavy (non-hydrogen) atoms. The van der Waals surface area contributed by atoms with Crippen LogP contribution in [0.15, 0.2) is 51.7 Å². The van der Waals surface area contributed by atoms with Crippen molar-refractivity contribution in [3.63, 3.8) is 0 Å². The van der Waals surface area contributed by atoms with Crippen molar-refractivity contribution in [1.82, 2.24) is 0 Å². The first kappa shape index (κ1) is 20.0. The van der Waals surface area contributed by atoms with Crippen molar-refractivity contribution >= 4 is 16.9 Å². The highest BCUT2D eigenvalue weighted by Gasteiger charge is 2.16. The van der Waals surface area contributed by atoms with Crippen molar-refractivity contribution in [3.05, 3.63) is 69.6 Å². The summed E-state index contributed by atoms with van der Waals surface area (Å²) < 4.78 is 21.5. The molecule has 0 atom stereocenters. The van der Waals surface area contributed by atoms with Gasteiger partial charge in [-0.3, -0.25) is 4.79 Å². The second-order valence-corrected chi connectivity index (χ2v) is 7.35. The number of hydrogen-bond donors (Lipinski definition) is 0. The number of benzene rings is 2. The van der Waals surface area contributed by atoms with Gasteiger partial charge in [-0.05, 0) is 73.2 Å². The van der Waals surface area contributed by atoms with Gasteiger partial charge >= 0.3 is 11.6 Å². The zero-order valence-electron chi connectivity index (χ0n) is 16.9. The second kappa shape index (κ2) is 9.03. The first-order valence-electron chi connectivity index (χ1n) is 10.1. The van der Waals surface area contributed by atoms with Crippen LogP contribution in [0.3, 0.4) is 0 Å². The zero-order valence-corrected chi connectivity index (χ0v) is 16.9. The molecular weight excluding hydrogens is 384 g/mol. The van der Waals surface area contributed by atoms with E-state index in [0.29, 0.717) is 24.2 Å². The van der Waals surface area contributed by atoms with Gasteiger partial charge in [-0.1, -0.05) is 0 Å².